The van der Waals surface area contributed by atoms with Gasteiger partial charge in [-0.1, -0.05) is 11.6 Å². The molecule has 0 bridgehead atoms. The molecule has 2 aliphatic rings. The van der Waals surface area contributed by atoms with Gasteiger partial charge in [0.2, 0.25) is 5.91 Å². The maximum atomic E-state index is 11.8. The summed E-state index contributed by atoms with van der Waals surface area (Å²) in [5.41, 5.74) is 0. The minimum Gasteiger partial charge on any atom is -0.365 e. The van der Waals surface area contributed by atoms with Crippen LogP contribution in [0.4, 0.5) is 5.82 Å². The summed E-state index contributed by atoms with van der Waals surface area (Å²) in [6.07, 6.45) is 4.51. The van der Waals surface area contributed by atoms with Crippen LogP contribution in [0.3, 0.4) is 0 Å². The molecule has 1 aromatic rings. The van der Waals surface area contributed by atoms with Gasteiger partial charge in [0.15, 0.2) is 0 Å². The Hall–Kier alpha value is -1.29. The fourth-order valence-electron chi connectivity index (χ4n) is 2.24. The molecule has 1 saturated carbocycles. The van der Waals surface area contributed by atoms with E-state index in [4.69, 9.17) is 11.6 Å². The van der Waals surface area contributed by atoms with Gasteiger partial charge >= 0.3 is 0 Å². The van der Waals surface area contributed by atoms with Crippen molar-refractivity contribution in [2.45, 2.75) is 31.3 Å². The van der Waals surface area contributed by atoms with Crippen molar-refractivity contribution in [1.29, 1.82) is 0 Å². The van der Waals surface area contributed by atoms with E-state index in [2.05, 4.69) is 10.3 Å². The lowest BCUT2D eigenvalue weighted by Gasteiger charge is -2.16. The average molecular weight is 252 g/mol. The van der Waals surface area contributed by atoms with Crippen LogP contribution >= 0.6 is 11.6 Å². The van der Waals surface area contributed by atoms with E-state index in [0.29, 0.717) is 17.5 Å². The molecule has 4 nitrogen and oxygen atoms in total. The van der Waals surface area contributed by atoms with Gasteiger partial charge in [-0.15, -0.1) is 0 Å². The van der Waals surface area contributed by atoms with Gasteiger partial charge in [0.1, 0.15) is 5.82 Å². The number of amides is 1. The smallest absolute Gasteiger partial charge is 0.225 e. The predicted molar refractivity (Wildman–Crippen MR) is 66.0 cm³/mol. The summed E-state index contributed by atoms with van der Waals surface area (Å²) in [7, 11) is 0. The molecular formula is C12H14ClN3O. The second-order valence-electron chi connectivity index (χ2n) is 4.68. The molecule has 1 aromatic heterocycles. The quantitative estimate of drug-likeness (QED) is 0.893. The summed E-state index contributed by atoms with van der Waals surface area (Å²) in [6.45, 7) is 0.799. The number of nitrogens with zero attached hydrogens (tertiary/aromatic N) is 2. The Morgan fingerprint density at radius 3 is 2.88 bits per heavy atom. The first-order valence-electron chi connectivity index (χ1n) is 5.90. The van der Waals surface area contributed by atoms with Crippen molar-refractivity contribution in [3.8, 4) is 0 Å². The number of rotatable bonds is 3. The first-order valence-corrected chi connectivity index (χ1v) is 6.28. The Bertz CT molecular complexity index is 430. The highest BCUT2D eigenvalue weighted by molar-refractivity contribution is 6.30. The molecule has 0 aromatic carbocycles. The van der Waals surface area contributed by atoms with Gasteiger partial charge in [0, 0.05) is 25.2 Å². The Morgan fingerprint density at radius 1 is 1.41 bits per heavy atom. The fourth-order valence-corrected chi connectivity index (χ4v) is 2.35. The molecule has 1 N–H and O–H groups in total. The number of hydrogen-bond donors (Lipinski definition) is 1. The molecular weight excluding hydrogens is 238 g/mol. The number of carbonyl (C=O) groups excluding carboxylic acids is 1. The topological polar surface area (TPSA) is 45.2 Å². The Labute approximate surface area is 105 Å². The van der Waals surface area contributed by atoms with Crippen LogP contribution in [0, 0.1) is 0 Å². The molecule has 2 heterocycles. The van der Waals surface area contributed by atoms with Crippen molar-refractivity contribution in [3.05, 3.63) is 23.4 Å². The lowest BCUT2D eigenvalue weighted by atomic mass is 10.2. The SMILES string of the molecule is O=C1CC(Nc2ccc(Cl)cn2)CN1C1CC1. The van der Waals surface area contributed by atoms with E-state index in [1.165, 1.54) is 0 Å². The number of pyridine rings is 1. The first-order chi connectivity index (χ1) is 8.22. The van der Waals surface area contributed by atoms with E-state index in [-0.39, 0.29) is 11.9 Å². The highest BCUT2D eigenvalue weighted by Gasteiger charge is 2.39. The summed E-state index contributed by atoms with van der Waals surface area (Å²) in [6, 6.07) is 4.32. The van der Waals surface area contributed by atoms with Crippen LogP contribution in [0.25, 0.3) is 0 Å². The highest BCUT2D eigenvalue weighted by atomic mass is 35.5. The number of hydrogen-bond acceptors (Lipinski definition) is 3. The molecule has 0 spiro atoms. The Morgan fingerprint density at radius 2 is 2.24 bits per heavy atom. The molecule has 1 amide bonds. The van der Waals surface area contributed by atoms with Gasteiger partial charge in [-0.05, 0) is 25.0 Å². The molecule has 1 aliphatic carbocycles. The van der Waals surface area contributed by atoms with Gasteiger partial charge in [0.05, 0.1) is 11.1 Å². The normalized spacial score (nSPS) is 24.2. The van der Waals surface area contributed by atoms with Crippen LogP contribution in [0.15, 0.2) is 18.3 Å². The van der Waals surface area contributed by atoms with Crippen LogP contribution < -0.4 is 5.32 Å². The van der Waals surface area contributed by atoms with Gasteiger partial charge in [0.25, 0.3) is 0 Å². The maximum absolute atomic E-state index is 11.8. The van der Waals surface area contributed by atoms with E-state index in [1.54, 1.807) is 12.3 Å². The molecule has 2 fully saturated rings. The number of anilines is 1. The van der Waals surface area contributed by atoms with E-state index in [1.807, 2.05) is 11.0 Å². The Balaban J connectivity index is 1.62. The third-order valence-electron chi connectivity index (χ3n) is 3.23. The van der Waals surface area contributed by atoms with E-state index < -0.39 is 0 Å². The van der Waals surface area contributed by atoms with Gasteiger partial charge in [-0.25, -0.2) is 4.98 Å². The molecule has 1 saturated heterocycles. The van der Waals surface area contributed by atoms with Crippen LogP contribution in [0.5, 0.6) is 0 Å². The molecule has 17 heavy (non-hydrogen) atoms. The minimum absolute atomic E-state index is 0.178. The maximum Gasteiger partial charge on any atom is 0.225 e. The zero-order valence-electron chi connectivity index (χ0n) is 9.40. The summed E-state index contributed by atoms with van der Waals surface area (Å²) in [5.74, 6) is 1.05. The van der Waals surface area contributed by atoms with Crippen molar-refractivity contribution in [2.24, 2.45) is 0 Å². The number of likely N-dealkylation sites (tertiary alicyclic amines) is 1. The molecule has 90 valence electrons. The van der Waals surface area contributed by atoms with Gasteiger partial charge in [-0.3, -0.25) is 4.79 Å². The molecule has 0 radical (unpaired) electrons. The lowest BCUT2D eigenvalue weighted by molar-refractivity contribution is -0.128. The average Bonchev–Trinajstić information content (AvgIpc) is 3.08. The molecule has 3 rings (SSSR count). The standard InChI is InChI=1S/C12H14ClN3O/c13-8-1-4-11(14-6-8)15-9-5-12(17)16(7-9)10-2-3-10/h1,4,6,9-10H,2-3,5,7H2,(H,14,15). The van der Waals surface area contributed by atoms with Crippen LogP contribution in [-0.4, -0.2) is 34.4 Å². The second kappa shape index (κ2) is 4.18. The van der Waals surface area contributed by atoms with Crippen molar-refractivity contribution < 1.29 is 4.79 Å². The first kappa shape index (κ1) is 10.8. The summed E-state index contributed by atoms with van der Waals surface area (Å²) >= 11 is 5.77. The van der Waals surface area contributed by atoms with E-state index in [9.17, 15) is 4.79 Å². The highest BCUT2D eigenvalue weighted by Crippen LogP contribution is 2.31. The third kappa shape index (κ3) is 2.36. The monoisotopic (exact) mass is 251 g/mol. The van der Waals surface area contributed by atoms with Crippen molar-refractivity contribution in [2.75, 3.05) is 11.9 Å². The lowest BCUT2D eigenvalue weighted by Crippen LogP contribution is -2.29. The number of nitrogens with one attached hydrogen (secondary N) is 1. The van der Waals surface area contributed by atoms with Crippen LogP contribution in [0.1, 0.15) is 19.3 Å². The number of carbonyl (C=O) groups is 1. The zero-order chi connectivity index (χ0) is 11.8. The molecule has 1 aliphatic heterocycles. The van der Waals surface area contributed by atoms with Gasteiger partial charge < -0.3 is 10.2 Å². The van der Waals surface area contributed by atoms with E-state index >= 15 is 0 Å². The number of halogens is 1. The third-order valence-corrected chi connectivity index (χ3v) is 3.45. The summed E-state index contributed by atoms with van der Waals surface area (Å²) < 4.78 is 0. The van der Waals surface area contributed by atoms with Crippen LogP contribution in [-0.2, 0) is 4.79 Å². The van der Waals surface area contributed by atoms with Crippen molar-refractivity contribution in [3.63, 3.8) is 0 Å². The van der Waals surface area contributed by atoms with Crippen LogP contribution in [0.2, 0.25) is 5.02 Å². The molecule has 5 heteroatoms. The fraction of sp³-hybridized carbons (Fsp3) is 0.500. The molecule has 1 atom stereocenters. The van der Waals surface area contributed by atoms with Crippen molar-refractivity contribution >= 4 is 23.3 Å². The summed E-state index contributed by atoms with van der Waals surface area (Å²) in [4.78, 5) is 17.9. The Kier molecular flexibility index (Phi) is 2.67. The number of aromatic nitrogens is 1. The summed E-state index contributed by atoms with van der Waals surface area (Å²) in [5, 5.41) is 3.90. The van der Waals surface area contributed by atoms with Gasteiger partial charge in [-0.2, -0.15) is 0 Å². The predicted octanol–water partition coefficient (Wildman–Crippen LogP) is 1.91. The largest absolute Gasteiger partial charge is 0.365 e. The van der Waals surface area contributed by atoms with Crippen molar-refractivity contribution in [1.82, 2.24) is 9.88 Å². The second-order valence-corrected chi connectivity index (χ2v) is 5.12. The molecule has 1 unspecified atom stereocenters. The minimum atomic E-state index is 0.178. The van der Waals surface area contributed by atoms with E-state index in [0.717, 1.165) is 25.2 Å². The zero-order valence-corrected chi connectivity index (χ0v) is 10.2.